The third-order valence-corrected chi connectivity index (χ3v) is 6.81. The minimum atomic E-state index is -0.374. The van der Waals surface area contributed by atoms with Crippen molar-refractivity contribution < 1.29 is 14.4 Å². The molecule has 178 valence electrons. The van der Waals surface area contributed by atoms with Crippen molar-refractivity contribution in [1.29, 1.82) is 0 Å². The van der Waals surface area contributed by atoms with Gasteiger partial charge in [-0.15, -0.1) is 0 Å². The molecule has 3 unspecified atom stereocenters. The van der Waals surface area contributed by atoms with Crippen LogP contribution in [0.3, 0.4) is 0 Å². The van der Waals surface area contributed by atoms with E-state index in [9.17, 15) is 14.4 Å². The lowest BCUT2D eigenvalue weighted by atomic mass is 9.71. The van der Waals surface area contributed by atoms with Crippen LogP contribution in [0.1, 0.15) is 87.1 Å². The first-order chi connectivity index (χ1) is 14.8. The number of benzene rings is 1. The van der Waals surface area contributed by atoms with E-state index in [1.807, 2.05) is 59.7 Å². The summed E-state index contributed by atoms with van der Waals surface area (Å²) < 4.78 is 0. The van der Waals surface area contributed by atoms with Gasteiger partial charge in [0.2, 0.25) is 0 Å². The van der Waals surface area contributed by atoms with E-state index in [2.05, 4.69) is 26.0 Å². The number of Topliss-reactive ketones (excluding diaryl/α,β-unsaturated/α-hetero) is 3. The number of hydrogen-bond donors (Lipinski definition) is 0. The fourth-order valence-electron chi connectivity index (χ4n) is 4.26. The lowest BCUT2D eigenvalue weighted by molar-refractivity contribution is -0.131. The van der Waals surface area contributed by atoms with Gasteiger partial charge >= 0.3 is 0 Å². The molecule has 0 bridgehead atoms. The summed E-state index contributed by atoms with van der Waals surface area (Å²) in [5.41, 5.74) is 2.60. The van der Waals surface area contributed by atoms with Crippen LogP contribution in [0.15, 0.2) is 41.5 Å². The van der Waals surface area contributed by atoms with E-state index in [1.54, 1.807) is 6.92 Å². The van der Waals surface area contributed by atoms with Crippen LogP contribution < -0.4 is 0 Å². The van der Waals surface area contributed by atoms with Gasteiger partial charge in [-0.3, -0.25) is 14.4 Å². The molecule has 0 saturated carbocycles. The molecule has 3 heteroatoms. The summed E-state index contributed by atoms with van der Waals surface area (Å²) >= 11 is 0. The molecule has 3 nitrogen and oxygen atoms in total. The summed E-state index contributed by atoms with van der Waals surface area (Å²) in [6.45, 7) is 17.7. The Morgan fingerprint density at radius 2 is 1.47 bits per heavy atom. The molecular formula is C29H44O3. The van der Waals surface area contributed by atoms with Crippen molar-refractivity contribution in [3.8, 4) is 0 Å². The van der Waals surface area contributed by atoms with Gasteiger partial charge in [-0.25, -0.2) is 0 Å². The van der Waals surface area contributed by atoms with Crippen molar-refractivity contribution in [1.82, 2.24) is 0 Å². The first kappa shape index (κ1) is 28.0. The average Bonchev–Trinajstić information content (AvgIpc) is 2.72. The fourth-order valence-corrected chi connectivity index (χ4v) is 4.26. The van der Waals surface area contributed by atoms with Crippen LogP contribution >= 0.6 is 0 Å². The Bertz CT molecular complexity index is 809. The zero-order valence-corrected chi connectivity index (χ0v) is 21.7. The smallest absolute Gasteiger partial charge is 0.162 e. The van der Waals surface area contributed by atoms with Gasteiger partial charge in [0.25, 0.3) is 0 Å². The second-order valence-electron chi connectivity index (χ2n) is 10.8. The van der Waals surface area contributed by atoms with E-state index in [0.717, 1.165) is 23.1 Å². The molecule has 0 aromatic heterocycles. The van der Waals surface area contributed by atoms with Crippen molar-refractivity contribution >= 4 is 17.3 Å². The standard InChI is InChI=1S/C29H44O3/c1-10-24(17-23-14-12-11-13-15-23)27(31)18-26(29(7,8)9)28(32)21(5)25(19(2)3)16-20(4)22(6)30/h11-15,19-20,24,26H,10,16-18H2,1-9H3/b25-21-. The molecule has 0 N–H and O–H groups in total. The highest BCUT2D eigenvalue weighted by molar-refractivity contribution is 6.00. The van der Waals surface area contributed by atoms with Gasteiger partial charge in [-0.1, -0.05) is 84.4 Å². The molecule has 0 aliphatic rings. The summed E-state index contributed by atoms with van der Waals surface area (Å²) in [6, 6.07) is 10.1. The molecule has 1 aromatic rings. The van der Waals surface area contributed by atoms with Gasteiger partial charge in [0.1, 0.15) is 11.6 Å². The van der Waals surface area contributed by atoms with E-state index >= 15 is 0 Å². The Morgan fingerprint density at radius 3 is 1.91 bits per heavy atom. The molecule has 0 saturated heterocycles. The zero-order chi connectivity index (χ0) is 24.6. The molecule has 32 heavy (non-hydrogen) atoms. The summed E-state index contributed by atoms with van der Waals surface area (Å²) in [5.74, 6) is -0.0280. The van der Waals surface area contributed by atoms with Gasteiger partial charge in [-0.05, 0) is 55.6 Å². The Morgan fingerprint density at radius 1 is 0.906 bits per heavy atom. The van der Waals surface area contributed by atoms with Crippen LogP contribution in [0.5, 0.6) is 0 Å². The zero-order valence-electron chi connectivity index (χ0n) is 21.7. The highest BCUT2D eigenvalue weighted by Gasteiger charge is 2.36. The first-order valence-corrected chi connectivity index (χ1v) is 12.1. The fraction of sp³-hybridized carbons (Fsp3) is 0.621. The van der Waals surface area contributed by atoms with Gasteiger partial charge in [0.05, 0.1) is 0 Å². The molecule has 1 rings (SSSR count). The minimum absolute atomic E-state index is 0.0554. The van der Waals surface area contributed by atoms with Crippen molar-refractivity contribution in [2.24, 2.45) is 29.1 Å². The molecule has 0 heterocycles. The quantitative estimate of drug-likeness (QED) is 0.328. The lowest BCUT2D eigenvalue weighted by Crippen LogP contribution is -2.34. The van der Waals surface area contributed by atoms with E-state index in [4.69, 9.17) is 0 Å². The van der Waals surface area contributed by atoms with Crippen LogP contribution in [0.2, 0.25) is 0 Å². The second-order valence-corrected chi connectivity index (χ2v) is 10.8. The molecule has 0 radical (unpaired) electrons. The molecule has 0 fully saturated rings. The Labute approximate surface area is 196 Å². The first-order valence-electron chi connectivity index (χ1n) is 12.1. The molecule has 0 amide bonds. The number of carbonyl (C=O) groups is 3. The second kappa shape index (κ2) is 12.3. The van der Waals surface area contributed by atoms with Crippen LogP contribution in [-0.4, -0.2) is 17.3 Å². The highest BCUT2D eigenvalue weighted by atomic mass is 16.1. The highest BCUT2D eigenvalue weighted by Crippen LogP contribution is 2.35. The lowest BCUT2D eigenvalue weighted by Gasteiger charge is -2.31. The molecule has 0 spiro atoms. The van der Waals surface area contributed by atoms with Crippen LogP contribution in [0.4, 0.5) is 0 Å². The number of rotatable bonds is 12. The number of hydrogen-bond acceptors (Lipinski definition) is 3. The summed E-state index contributed by atoms with van der Waals surface area (Å²) in [6.07, 6.45) is 2.34. The average molecular weight is 441 g/mol. The largest absolute Gasteiger partial charge is 0.300 e. The monoisotopic (exact) mass is 440 g/mol. The van der Waals surface area contributed by atoms with Crippen molar-refractivity contribution in [3.05, 3.63) is 47.0 Å². The predicted molar refractivity (Wildman–Crippen MR) is 134 cm³/mol. The number of carbonyl (C=O) groups excluding carboxylic acids is 3. The van der Waals surface area contributed by atoms with Crippen molar-refractivity contribution in [2.45, 2.75) is 88.0 Å². The topological polar surface area (TPSA) is 51.2 Å². The molecular weight excluding hydrogens is 396 g/mol. The van der Waals surface area contributed by atoms with Crippen LogP contribution in [0.25, 0.3) is 0 Å². The Kier molecular flexibility index (Phi) is 10.7. The van der Waals surface area contributed by atoms with E-state index in [0.29, 0.717) is 12.8 Å². The number of allylic oxidation sites excluding steroid dienone is 2. The normalized spacial score (nSPS) is 15.7. The Balaban J connectivity index is 3.18. The molecule has 0 aliphatic carbocycles. The minimum Gasteiger partial charge on any atom is -0.300 e. The van der Waals surface area contributed by atoms with Crippen molar-refractivity contribution in [3.63, 3.8) is 0 Å². The van der Waals surface area contributed by atoms with Gasteiger partial charge < -0.3 is 0 Å². The maximum absolute atomic E-state index is 13.7. The molecule has 1 aromatic carbocycles. The van der Waals surface area contributed by atoms with Gasteiger partial charge in [0.15, 0.2) is 5.78 Å². The van der Waals surface area contributed by atoms with Crippen molar-refractivity contribution in [2.75, 3.05) is 0 Å². The van der Waals surface area contributed by atoms with E-state index < -0.39 is 0 Å². The van der Waals surface area contributed by atoms with Crippen LogP contribution in [0, 0.1) is 29.1 Å². The predicted octanol–water partition coefficient (Wildman–Crippen LogP) is 7.03. The molecule has 3 atom stereocenters. The third kappa shape index (κ3) is 8.15. The molecule has 0 aliphatic heterocycles. The van der Waals surface area contributed by atoms with Gasteiger partial charge in [0, 0.05) is 24.2 Å². The maximum atomic E-state index is 13.7. The summed E-state index contributed by atoms with van der Waals surface area (Å²) in [5, 5.41) is 0. The van der Waals surface area contributed by atoms with E-state index in [1.165, 1.54) is 0 Å². The number of ketones is 3. The Hall–Kier alpha value is -2.03. The van der Waals surface area contributed by atoms with Crippen LogP contribution in [-0.2, 0) is 20.8 Å². The van der Waals surface area contributed by atoms with E-state index in [-0.39, 0.29) is 52.9 Å². The maximum Gasteiger partial charge on any atom is 0.162 e. The summed E-state index contributed by atoms with van der Waals surface area (Å²) in [7, 11) is 0. The third-order valence-electron chi connectivity index (χ3n) is 6.81. The summed E-state index contributed by atoms with van der Waals surface area (Å²) in [4.78, 5) is 38.9. The van der Waals surface area contributed by atoms with Gasteiger partial charge in [-0.2, -0.15) is 0 Å². The SMILES string of the molecule is CCC(Cc1ccccc1)C(=O)CC(C(=O)/C(C)=C(/CC(C)C(C)=O)C(C)C)C(C)(C)C.